The van der Waals surface area contributed by atoms with Gasteiger partial charge in [0.1, 0.15) is 5.82 Å². The van der Waals surface area contributed by atoms with Gasteiger partial charge in [-0.05, 0) is 18.2 Å². The normalized spacial score (nSPS) is 9.65. The summed E-state index contributed by atoms with van der Waals surface area (Å²) >= 11 is 0. The number of halogens is 1. The Balaban J connectivity index is 2.52. The minimum absolute atomic E-state index is 0.0960. The summed E-state index contributed by atoms with van der Waals surface area (Å²) in [4.78, 5) is 12.1. The molecule has 17 heavy (non-hydrogen) atoms. The Morgan fingerprint density at radius 3 is 2.47 bits per heavy atom. The summed E-state index contributed by atoms with van der Waals surface area (Å²) in [6.07, 6.45) is 0. The lowest BCUT2D eigenvalue weighted by Gasteiger charge is -2.03. The van der Waals surface area contributed by atoms with E-state index in [1.807, 2.05) is 6.07 Å². The highest BCUT2D eigenvalue weighted by Crippen LogP contribution is 2.15. The van der Waals surface area contributed by atoms with Crippen molar-refractivity contribution in [1.82, 2.24) is 0 Å². The van der Waals surface area contributed by atoms with E-state index in [4.69, 9.17) is 5.26 Å². The highest BCUT2D eigenvalue weighted by molar-refractivity contribution is 6.10. The number of hydrogen-bond acceptors (Lipinski definition) is 2. The van der Waals surface area contributed by atoms with E-state index in [2.05, 4.69) is 0 Å². The third-order valence-electron chi connectivity index (χ3n) is 2.38. The second-order valence-corrected chi connectivity index (χ2v) is 3.50. The van der Waals surface area contributed by atoms with Crippen molar-refractivity contribution in [2.75, 3.05) is 0 Å². The molecule has 0 aliphatic heterocycles. The first kappa shape index (κ1) is 11.0. The fourth-order valence-corrected chi connectivity index (χ4v) is 1.55. The maximum atomic E-state index is 13.1. The summed E-state index contributed by atoms with van der Waals surface area (Å²) in [6, 6.07) is 13.9. The van der Waals surface area contributed by atoms with Gasteiger partial charge in [-0.1, -0.05) is 30.3 Å². The maximum Gasteiger partial charge on any atom is 0.194 e. The Kier molecular flexibility index (Phi) is 2.97. The third-order valence-corrected chi connectivity index (χ3v) is 2.38. The average Bonchev–Trinajstić information content (AvgIpc) is 2.39. The average molecular weight is 225 g/mol. The van der Waals surface area contributed by atoms with Crippen LogP contribution >= 0.6 is 0 Å². The first-order chi connectivity index (χ1) is 8.22. The second kappa shape index (κ2) is 4.58. The minimum atomic E-state index is -0.525. The van der Waals surface area contributed by atoms with E-state index in [0.29, 0.717) is 5.56 Å². The van der Waals surface area contributed by atoms with Gasteiger partial charge in [-0.15, -0.1) is 0 Å². The quantitative estimate of drug-likeness (QED) is 0.737. The van der Waals surface area contributed by atoms with Gasteiger partial charge in [0.05, 0.1) is 11.6 Å². The van der Waals surface area contributed by atoms with Gasteiger partial charge in [-0.3, -0.25) is 4.79 Å². The molecule has 0 atom stereocenters. The van der Waals surface area contributed by atoms with Gasteiger partial charge < -0.3 is 0 Å². The molecule has 0 heterocycles. The molecule has 0 bridgehead atoms. The van der Waals surface area contributed by atoms with Crippen LogP contribution in [0.1, 0.15) is 21.5 Å². The molecule has 0 aromatic heterocycles. The number of benzene rings is 2. The molecule has 2 aromatic rings. The van der Waals surface area contributed by atoms with Crippen LogP contribution in [0.15, 0.2) is 48.5 Å². The summed E-state index contributed by atoms with van der Waals surface area (Å²) in [5.74, 6) is -0.870. The molecule has 0 saturated carbocycles. The Labute approximate surface area is 97.9 Å². The molecule has 2 rings (SSSR count). The third kappa shape index (κ3) is 2.21. The molecule has 0 unspecified atom stereocenters. The van der Waals surface area contributed by atoms with Gasteiger partial charge >= 0.3 is 0 Å². The number of nitriles is 1. The Morgan fingerprint density at radius 1 is 1.12 bits per heavy atom. The van der Waals surface area contributed by atoms with Crippen molar-refractivity contribution in [3.05, 3.63) is 71.0 Å². The van der Waals surface area contributed by atoms with Crippen LogP contribution in [0.25, 0.3) is 0 Å². The second-order valence-electron chi connectivity index (χ2n) is 3.50. The zero-order valence-corrected chi connectivity index (χ0v) is 8.85. The van der Waals surface area contributed by atoms with Crippen molar-refractivity contribution in [3.63, 3.8) is 0 Å². The van der Waals surface area contributed by atoms with E-state index in [0.717, 1.165) is 6.07 Å². The molecule has 0 spiro atoms. The maximum absolute atomic E-state index is 13.1. The van der Waals surface area contributed by atoms with Crippen LogP contribution in [0.3, 0.4) is 0 Å². The number of carbonyl (C=O) groups is 1. The van der Waals surface area contributed by atoms with Crippen molar-refractivity contribution >= 4 is 5.78 Å². The largest absolute Gasteiger partial charge is 0.289 e. The van der Waals surface area contributed by atoms with Crippen LogP contribution in [-0.4, -0.2) is 5.78 Å². The van der Waals surface area contributed by atoms with Crippen LogP contribution < -0.4 is 0 Å². The highest BCUT2D eigenvalue weighted by Gasteiger charge is 2.14. The molecule has 82 valence electrons. The molecule has 3 heteroatoms. The van der Waals surface area contributed by atoms with Gasteiger partial charge in [0.25, 0.3) is 0 Å². The Bertz CT molecular complexity index is 599. The number of nitrogens with zero attached hydrogens (tertiary/aromatic N) is 1. The van der Waals surface area contributed by atoms with Gasteiger partial charge in [-0.25, -0.2) is 4.39 Å². The summed E-state index contributed by atoms with van der Waals surface area (Å²) in [6.45, 7) is 0. The molecule has 0 amide bonds. The number of carbonyl (C=O) groups excluding carboxylic acids is 1. The number of ketones is 1. The topological polar surface area (TPSA) is 40.9 Å². The zero-order valence-electron chi connectivity index (χ0n) is 8.85. The van der Waals surface area contributed by atoms with Crippen molar-refractivity contribution in [1.29, 1.82) is 5.26 Å². The fraction of sp³-hybridized carbons (Fsp3) is 0. The van der Waals surface area contributed by atoms with Crippen LogP contribution in [0.5, 0.6) is 0 Å². The lowest BCUT2D eigenvalue weighted by Crippen LogP contribution is -2.04. The predicted octanol–water partition coefficient (Wildman–Crippen LogP) is 2.93. The molecule has 0 aliphatic rings. The zero-order chi connectivity index (χ0) is 12.3. The van der Waals surface area contributed by atoms with Gasteiger partial charge in [-0.2, -0.15) is 5.26 Å². The van der Waals surface area contributed by atoms with Crippen molar-refractivity contribution in [3.8, 4) is 6.07 Å². The SMILES string of the molecule is N#Cc1ccc(F)cc1C(=O)c1ccccc1. The lowest BCUT2D eigenvalue weighted by atomic mass is 9.99. The summed E-state index contributed by atoms with van der Waals surface area (Å²) in [5.41, 5.74) is 0.716. The molecular weight excluding hydrogens is 217 g/mol. The first-order valence-corrected chi connectivity index (χ1v) is 5.02. The molecule has 0 N–H and O–H groups in total. The van der Waals surface area contributed by atoms with Crippen LogP contribution in [-0.2, 0) is 0 Å². The number of hydrogen-bond donors (Lipinski definition) is 0. The van der Waals surface area contributed by atoms with Crippen molar-refractivity contribution in [2.45, 2.75) is 0 Å². The standard InChI is InChI=1S/C14H8FNO/c15-12-7-6-11(9-16)13(8-12)14(17)10-4-2-1-3-5-10/h1-8H. The Hall–Kier alpha value is -2.47. The van der Waals surface area contributed by atoms with E-state index in [-0.39, 0.29) is 16.9 Å². The van der Waals surface area contributed by atoms with Crippen molar-refractivity contribution in [2.24, 2.45) is 0 Å². The fourth-order valence-electron chi connectivity index (χ4n) is 1.55. The van der Waals surface area contributed by atoms with Crippen LogP contribution in [0.4, 0.5) is 4.39 Å². The number of rotatable bonds is 2. The van der Waals surface area contributed by atoms with E-state index < -0.39 is 5.82 Å². The molecule has 2 nitrogen and oxygen atoms in total. The van der Waals surface area contributed by atoms with E-state index >= 15 is 0 Å². The lowest BCUT2D eigenvalue weighted by molar-refractivity contribution is 0.103. The molecule has 0 aliphatic carbocycles. The molecule has 0 saturated heterocycles. The van der Waals surface area contributed by atoms with Gasteiger partial charge in [0.2, 0.25) is 0 Å². The van der Waals surface area contributed by atoms with Crippen LogP contribution in [0.2, 0.25) is 0 Å². The molecular formula is C14H8FNO. The highest BCUT2D eigenvalue weighted by atomic mass is 19.1. The van der Waals surface area contributed by atoms with Crippen LogP contribution in [0, 0.1) is 17.1 Å². The Morgan fingerprint density at radius 2 is 1.82 bits per heavy atom. The monoisotopic (exact) mass is 225 g/mol. The van der Waals surface area contributed by atoms with E-state index in [1.54, 1.807) is 30.3 Å². The minimum Gasteiger partial charge on any atom is -0.289 e. The van der Waals surface area contributed by atoms with E-state index in [1.165, 1.54) is 12.1 Å². The molecule has 0 fully saturated rings. The molecule has 0 radical (unpaired) electrons. The van der Waals surface area contributed by atoms with E-state index in [9.17, 15) is 9.18 Å². The summed E-state index contributed by atoms with van der Waals surface area (Å²) < 4.78 is 13.1. The summed E-state index contributed by atoms with van der Waals surface area (Å²) in [7, 11) is 0. The van der Waals surface area contributed by atoms with Gasteiger partial charge in [0.15, 0.2) is 5.78 Å². The smallest absolute Gasteiger partial charge is 0.194 e. The van der Waals surface area contributed by atoms with Gasteiger partial charge in [0, 0.05) is 11.1 Å². The molecule has 2 aromatic carbocycles. The predicted molar refractivity (Wildman–Crippen MR) is 61.0 cm³/mol. The summed E-state index contributed by atoms with van der Waals surface area (Å²) in [5, 5.41) is 8.88. The van der Waals surface area contributed by atoms with Crippen molar-refractivity contribution < 1.29 is 9.18 Å². The first-order valence-electron chi connectivity index (χ1n) is 5.02.